The molecule has 0 unspecified atom stereocenters. The van der Waals surface area contributed by atoms with Gasteiger partial charge in [-0.2, -0.15) is 0 Å². The molecule has 4 rings (SSSR count). The van der Waals surface area contributed by atoms with Gasteiger partial charge in [0.05, 0.1) is 11.9 Å². The maximum atomic E-state index is 5.68. The first-order valence-electron chi connectivity index (χ1n) is 9.09. The lowest BCUT2D eigenvalue weighted by Crippen LogP contribution is -2.45. The second-order valence-corrected chi connectivity index (χ2v) is 6.99. The monoisotopic (exact) mass is 323 g/mol. The van der Waals surface area contributed by atoms with Gasteiger partial charge in [-0.15, -0.1) is 6.42 Å². The van der Waals surface area contributed by atoms with Gasteiger partial charge < -0.3 is 9.88 Å². The first-order valence-corrected chi connectivity index (χ1v) is 9.09. The molecule has 2 aromatic heterocycles. The maximum absolute atomic E-state index is 5.68. The predicted octanol–water partition coefficient (Wildman–Crippen LogP) is 2.80. The highest BCUT2D eigenvalue weighted by atomic mass is 15.3. The van der Waals surface area contributed by atoms with Gasteiger partial charge in [-0.3, -0.25) is 4.90 Å². The van der Waals surface area contributed by atoms with Crippen molar-refractivity contribution in [1.82, 2.24) is 19.9 Å². The Kier molecular flexibility index (Phi) is 4.40. The Morgan fingerprint density at radius 3 is 2.92 bits per heavy atom. The average molecular weight is 323 g/mol. The smallest absolute Gasteiger partial charge is 0.142 e. The SMILES string of the molecule is C#CCN(C1CCCCC1)[C@@H]1CCN(c2ncnc3[nH]ccc23)C1. The molecule has 1 atom stereocenters. The zero-order chi connectivity index (χ0) is 16.4. The number of aromatic amines is 1. The first kappa shape index (κ1) is 15.5. The Labute approximate surface area is 143 Å². The summed E-state index contributed by atoms with van der Waals surface area (Å²) in [5, 5.41) is 1.11. The number of nitrogens with zero attached hydrogens (tertiary/aromatic N) is 4. The van der Waals surface area contributed by atoms with Crippen molar-refractivity contribution >= 4 is 16.9 Å². The van der Waals surface area contributed by atoms with Crippen LogP contribution in [0.25, 0.3) is 11.0 Å². The Balaban J connectivity index is 1.52. The summed E-state index contributed by atoms with van der Waals surface area (Å²) in [5.74, 6) is 3.95. The van der Waals surface area contributed by atoms with E-state index in [4.69, 9.17) is 6.42 Å². The predicted molar refractivity (Wildman–Crippen MR) is 96.9 cm³/mol. The molecule has 5 nitrogen and oxygen atoms in total. The van der Waals surface area contributed by atoms with Gasteiger partial charge in [0.1, 0.15) is 17.8 Å². The molecular weight excluding hydrogens is 298 g/mol. The van der Waals surface area contributed by atoms with E-state index in [1.165, 1.54) is 32.1 Å². The van der Waals surface area contributed by atoms with E-state index in [9.17, 15) is 0 Å². The molecule has 1 saturated heterocycles. The van der Waals surface area contributed by atoms with Crippen LogP contribution in [0.2, 0.25) is 0 Å². The molecule has 1 aliphatic heterocycles. The van der Waals surface area contributed by atoms with Gasteiger partial charge in [-0.25, -0.2) is 9.97 Å². The molecule has 2 aliphatic rings. The molecule has 2 aromatic rings. The zero-order valence-electron chi connectivity index (χ0n) is 14.1. The van der Waals surface area contributed by atoms with E-state index in [0.29, 0.717) is 12.1 Å². The van der Waals surface area contributed by atoms with Gasteiger partial charge in [0.15, 0.2) is 0 Å². The van der Waals surface area contributed by atoms with Gasteiger partial charge in [0.25, 0.3) is 0 Å². The van der Waals surface area contributed by atoms with E-state index in [1.807, 2.05) is 6.20 Å². The lowest BCUT2D eigenvalue weighted by molar-refractivity contribution is 0.131. The van der Waals surface area contributed by atoms with Crippen molar-refractivity contribution in [2.45, 2.75) is 50.6 Å². The van der Waals surface area contributed by atoms with Crippen molar-refractivity contribution in [2.75, 3.05) is 24.5 Å². The highest BCUT2D eigenvalue weighted by Gasteiger charge is 2.33. The fourth-order valence-electron chi connectivity index (χ4n) is 4.39. The quantitative estimate of drug-likeness (QED) is 0.879. The van der Waals surface area contributed by atoms with Crippen LogP contribution in [0, 0.1) is 12.3 Å². The summed E-state index contributed by atoms with van der Waals surface area (Å²) in [6.45, 7) is 2.82. The highest BCUT2D eigenvalue weighted by molar-refractivity contribution is 5.87. The number of nitrogens with one attached hydrogen (secondary N) is 1. The second kappa shape index (κ2) is 6.82. The Bertz CT molecular complexity index is 725. The number of fused-ring (bicyclic) bond motifs is 1. The molecule has 0 bridgehead atoms. The number of anilines is 1. The van der Waals surface area contributed by atoms with Crippen LogP contribution in [0.1, 0.15) is 38.5 Å². The second-order valence-electron chi connectivity index (χ2n) is 6.99. The third-order valence-corrected chi connectivity index (χ3v) is 5.58. The molecule has 126 valence electrons. The van der Waals surface area contributed by atoms with Crippen molar-refractivity contribution < 1.29 is 0 Å². The standard InChI is InChI=1S/C19H25N5/c1-2-11-24(15-6-4-3-5-7-15)16-9-12-23(13-16)19-17-8-10-20-18(17)21-14-22-19/h1,8,10,14-16H,3-7,9,11-13H2,(H,20,21,22)/t16-/m1/s1. The van der Waals surface area contributed by atoms with Crippen LogP contribution in [0.15, 0.2) is 18.6 Å². The van der Waals surface area contributed by atoms with Gasteiger partial charge in [-0.1, -0.05) is 25.2 Å². The largest absolute Gasteiger partial charge is 0.354 e. The summed E-state index contributed by atoms with van der Waals surface area (Å²) in [5.41, 5.74) is 0.913. The molecule has 3 heterocycles. The molecule has 1 N–H and O–H groups in total. The number of rotatable bonds is 4. The molecule has 0 radical (unpaired) electrons. The molecular formula is C19H25N5. The third-order valence-electron chi connectivity index (χ3n) is 5.58. The van der Waals surface area contributed by atoms with Gasteiger partial charge >= 0.3 is 0 Å². The summed E-state index contributed by atoms with van der Waals surface area (Å²) < 4.78 is 0. The van der Waals surface area contributed by atoms with E-state index >= 15 is 0 Å². The minimum atomic E-state index is 0.535. The van der Waals surface area contributed by atoms with Crippen molar-refractivity contribution in [3.8, 4) is 12.3 Å². The topological polar surface area (TPSA) is 48.1 Å². The van der Waals surface area contributed by atoms with Crippen LogP contribution >= 0.6 is 0 Å². The highest BCUT2D eigenvalue weighted by Crippen LogP contribution is 2.30. The molecule has 0 amide bonds. The minimum Gasteiger partial charge on any atom is -0.354 e. The maximum Gasteiger partial charge on any atom is 0.142 e. The van der Waals surface area contributed by atoms with Crippen LogP contribution < -0.4 is 4.90 Å². The Hall–Kier alpha value is -2.06. The average Bonchev–Trinajstić information content (AvgIpc) is 3.29. The van der Waals surface area contributed by atoms with Crippen molar-refractivity contribution in [3.63, 3.8) is 0 Å². The molecule has 0 aromatic carbocycles. The van der Waals surface area contributed by atoms with Crippen LogP contribution in [0.4, 0.5) is 5.82 Å². The van der Waals surface area contributed by atoms with E-state index < -0.39 is 0 Å². The van der Waals surface area contributed by atoms with Crippen molar-refractivity contribution in [1.29, 1.82) is 0 Å². The zero-order valence-corrected chi connectivity index (χ0v) is 14.1. The van der Waals surface area contributed by atoms with Crippen LogP contribution in [0.5, 0.6) is 0 Å². The molecule has 0 spiro atoms. The van der Waals surface area contributed by atoms with Crippen LogP contribution in [-0.4, -0.2) is 51.6 Å². The number of H-pyrrole nitrogens is 1. The molecule has 24 heavy (non-hydrogen) atoms. The Morgan fingerprint density at radius 1 is 1.21 bits per heavy atom. The summed E-state index contributed by atoms with van der Waals surface area (Å²) in [6, 6.07) is 3.27. The number of hydrogen-bond donors (Lipinski definition) is 1. The van der Waals surface area contributed by atoms with E-state index in [2.05, 4.69) is 36.7 Å². The lowest BCUT2D eigenvalue weighted by atomic mass is 9.93. The van der Waals surface area contributed by atoms with E-state index in [0.717, 1.165) is 42.9 Å². The third kappa shape index (κ3) is 2.87. The molecule has 5 heteroatoms. The molecule has 1 aliphatic carbocycles. The van der Waals surface area contributed by atoms with Crippen LogP contribution in [-0.2, 0) is 0 Å². The molecule has 1 saturated carbocycles. The minimum absolute atomic E-state index is 0.535. The summed E-state index contributed by atoms with van der Waals surface area (Å²) in [4.78, 5) is 17.0. The fraction of sp³-hybridized carbons (Fsp3) is 0.579. The van der Waals surface area contributed by atoms with E-state index in [1.54, 1.807) is 6.33 Å². The van der Waals surface area contributed by atoms with Gasteiger partial charge in [0.2, 0.25) is 0 Å². The first-order chi connectivity index (χ1) is 11.9. The normalized spacial score (nSPS) is 22.3. The molecule has 2 fully saturated rings. The lowest BCUT2D eigenvalue weighted by Gasteiger charge is -2.37. The fourth-order valence-corrected chi connectivity index (χ4v) is 4.39. The van der Waals surface area contributed by atoms with Crippen LogP contribution in [0.3, 0.4) is 0 Å². The summed E-state index contributed by atoms with van der Waals surface area (Å²) in [7, 11) is 0. The summed E-state index contributed by atoms with van der Waals surface area (Å²) in [6.07, 6.45) is 17.1. The number of hydrogen-bond acceptors (Lipinski definition) is 4. The summed E-state index contributed by atoms with van der Waals surface area (Å²) >= 11 is 0. The number of terminal acetylenes is 1. The van der Waals surface area contributed by atoms with Gasteiger partial charge in [-0.05, 0) is 25.3 Å². The van der Waals surface area contributed by atoms with E-state index in [-0.39, 0.29) is 0 Å². The number of aromatic nitrogens is 3. The Morgan fingerprint density at radius 2 is 2.08 bits per heavy atom. The van der Waals surface area contributed by atoms with Crippen molar-refractivity contribution in [3.05, 3.63) is 18.6 Å². The van der Waals surface area contributed by atoms with Crippen molar-refractivity contribution in [2.24, 2.45) is 0 Å². The van der Waals surface area contributed by atoms with Gasteiger partial charge in [0, 0.05) is 31.4 Å².